The van der Waals surface area contributed by atoms with Gasteiger partial charge in [0, 0.05) is 29.8 Å². The van der Waals surface area contributed by atoms with Gasteiger partial charge in [0.1, 0.15) is 18.2 Å². The quantitative estimate of drug-likeness (QED) is 0.283. The first-order valence-corrected chi connectivity index (χ1v) is 14.3. The first-order valence-electron chi connectivity index (χ1n) is 14.3. The van der Waals surface area contributed by atoms with E-state index < -0.39 is 11.8 Å². The van der Waals surface area contributed by atoms with E-state index in [1.807, 2.05) is 18.2 Å². The Morgan fingerprint density at radius 3 is 2.67 bits per heavy atom. The molecule has 0 saturated carbocycles. The first-order chi connectivity index (χ1) is 20.4. The summed E-state index contributed by atoms with van der Waals surface area (Å²) in [5.41, 5.74) is 3.46. The van der Waals surface area contributed by atoms with Crippen molar-refractivity contribution in [3.8, 4) is 11.9 Å². The van der Waals surface area contributed by atoms with Gasteiger partial charge < -0.3 is 19.1 Å². The van der Waals surface area contributed by atoms with E-state index in [4.69, 9.17) is 24.7 Å². The number of likely N-dealkylation sites (tertiary alicyclic amines) is 1. The lowest BCUT2D eigenvalue weighted by Crippen LogP contribution is -2.37. The molecule has 0 unspecified atom stereocenters. The fraction of sp³-hybridized carbons (Fsp3) is 0.375. The Labute approximate surface area is 243 Å². The predicted molar refractivity (Wildman–Crippen MR) is 153 cm³/mol. The van der Waals surface area contributed by atoms with E-state index in [1.165, 1.54) is 6.07 Å². The van der Waals surface area contributed by atoms with Crippen molar-refractivity contribution in [3.05, 3.63) is 88.6 Å². The summed E-state index contributed by atoms with van der Waals surface area (Å²) in [6, 6.07) is 17.1. The number of benzene rings is 2. The number of nitrogens with zero attached hydrogens (tertiary/aromatic N) is 5. The van der Waals surface area contributed by atoms with E-state index in [0.717, 1.165) is 61.5 Å². The maximum absolute atomic E-state index is 14.3. The molecule has 9 nitrogen and oxygen atoms in total. The summed E-state index contributed by atoms with van der Waals surface area (Å²) in [7, 11) is 0. The topological polar surface area (TPSA) is 113 Å². The van der Waals surface area contributed by atoms with Crippen LogP contribution in [-0.4, -0.2) is 56.3 Å². The number of nitriles is 1. The number of hydrogen-bond acceptors (Lipinski definition) is 7. The van der Waals surface area contributed by atoms with Crippen LogP contribution in [0.3, 0.4) is 0 Å². The second kappa shape index (κ2) is 11.9. The largest absolute Gasteiger partial charge is 0.478 e. The second-order valence-electron chi connectivity index (χ2n) is 11.0. The van der Waals surface area contributed by atoms with Crippen LogP contribution in [0.5, 0.6) is 5.88 Å². The number of piperidine rings is 1. The maximum Gasteiger partial charge on any atom is 0.335 e. The van der Waals surface area contributed by atoms with Crippen molar-refractivity contribution >= 4 is 17.0 Å². The highest BCUT2D eigenvalue weighted by Gasteiger charge is 2.30. The molecule has 0 aliphatic carbocycles. The van der Waals surface area contributed by atoms with E-state index in [1.54, 1.807) is 36.4 Å². The Bertz CT molecular complexity index is 1650. The molecule has 42 heavy (non-hydrogen) atoms. The Hall–Kier alpha value is -4.33. The molecule has 2 saturated heterocycles. The number of rotatable bonds is 9. The molecule has 4 heterocycles. The lowest BCUT2D eigenvalue weighted by Gasteiger charge is -2.36. The van der Waals surface area contributed by atoms with Crippen LogP contribution in [0.2, 0.25) is 0 Å². The van der Waals surface area contributed by atoms with Gasteiger partial charge in [0.05, 0.1) is 46.9 Å². The van der Waals surface area contributed by atoms with Gasteiger partial charge in [0.25, 0.3) is 0 Å². The van der Waals surface area contributed by atoms with Crippen LogP contribution in [0.25, 0.3) is 11.0 Å². The SMILES string of the molecule is C[C@H](c1nc2ccc(C(=O)O)cc2n1C[C@@H]1CCO1)N1CCC(c2cccc(OCc3ccc(C#N)cc3F)n2)CC1. The molecule has 2 atom stereocenters. The minimum absolute atomic E-state index is 0.0325. The minimum atomic E-state index is -0.953. The van der Waals surface area contributed by atoms with Crippen molar-refractivity contribution in [2.45, 2.75) is 57.4 Å². The highest BCUT2D eigenvalue weighted by atomic mass is 19.1. The third kappa shape index (κ3) is 5.71. The molecule has 2 aromatic heterocycles. The summed E-state index contributed by atoms with van der Waals surface area (Å²) in [4.78, 5) is 23.7. The molecule has 216 valence electrons. The van der Waals surface area contributed by atoms with E-state index in [9.17, 15) is 14.3 Å². The minimum Gasteiger partial charge on any atom is -0.478 e. The van der Waals surface area contributed by atoms with Crippen molar-refractivity contribution in [1.82, 2.24) is 19.4 Å². The normalized spacial score (nSPS) is 18.4. The van der Waals surface area contributed by atoms with Gasteiger partial charge in [-0.2, -0.15) is 5.26 Å². The van der Waals surface area contributed by atoms with Crippen molar-refractivity contribution in [2.24, 2.45) is 0 Å². The van der Waals surface area contributed by atoms with E-state index in [2.05, 4.69) is 16.4 Å². The van der Waals surface area contributed by atoms with E-state index in [0.29, 0.717) is 18.0 Å². The first kappa shape index (κ1) is 27.8. The lowest BCUT2D eigenvalue weighted by molar-refractivity contribution is -0.0594. The van der Waals surface area contributed by atoms with Gasteiger partial charge in [0.15, 0.2) is 0 Å². The molecule has 4 aromatic rings. The van der Waals surface area contributed by atoms with Gasteiger partial charge in [-0.1, -0.05) is 12.1 Å². The molecule has 2 fully saturated rings. The summed E-state index contributed by atoms with van der Waals surface area (Å²) in [6.07, 6.45) is 2.93. The summed E-state index contributed by atoms with van der Waals surface area (Å²) >= 11 is 0. The van der Waals surface area contributed by atoms with Gasteiger partial charge in [-0.25, -0.2) is 19.2 Å². The number of carboxylic acids is 1. The number of carbonyl (C=O) groups is 1. The van der Waals surface area contributed by atoms with Gasteiger partial charge in [-0.15, -0.1) is 0 Å². The zero-order valence-corrected chi connectivity index (χ0v) is 23.4. The molecule has 2 aliphatic heterocycles. The van der Waals surface area contributed by atoms with Crippen LogP contribution < -0.4 is 4.74 Å². The van der Waals surface area contributed by atoms with Crippen molar-refractivity contribution < 1.29 is 23.8 Å². The van der Waals surface area contributed by atoms with Gasteiger partial charge in [-0.3, -0.25) is 4.90 Å². The fourth-order valence-electron chi connectivity index (χ4n) is 5.79. The van der Waals surface area contributed by atoms with Gasteiger partial charge in [0.2, 0.25) is 5.88 Å². The third-order valence-corrected chi connectivity index (χ3v) is 8.38. The molecule has 0 amide bonds. The number of halogens is 1. The second-order valence-corrected chi connectivity index (χ2v) is 11.0. The van der Waals surface area contributed by atoms with Crippen molar-refractivity contribution in [1.29, 1.82) is 5.26 Å². The maximum atomic E-state index is 14.3. The van der Waals surface area contributed by atoms with Crippen LogP contribution in [0.1, 0.15) is 71.1 Å². The summed E-state index contributed by atoms with van der Waals surface area (Å²) < 4.78 is 27.9. The summed E-state index contributed by atoms with van der Waals surface area (Å²) in [6.45, 7) is 5.32. The monoisotopic (exact) mass is 569 g/mol. The Morgan fingerprint density at radius 2 is 1.98 bits per heavy atom. The van der Waals surface area contributed by atoms with Gasteiger partial charge in [-0.05, 0) is 75.7 Å². The van der Waals surface area contributed by atoms with E-state index in [-0.39, 0.29) is 35.8 Å². The number of imidazole rings is 1. The van der Waals surface area contributed by atoms with Crippen LogP contribution >= 0.6 is 0 Å². The summed E-state index contributed by atoms with van der Waals surface area (Å²) in [5.74, 6) is 0.210. The van der Waals surface area contributed by atoms with Crippen molar-refractivity contribution in [3.63, 3.8) is 0 Å². The zero-order valence-electron chi connectivity index (χ0n) is 23.4. The lowest BCUT2D eigenvalue weighted by atomic mass is 9.92. The van der Waals surface area contributed by atoms with E-state index >= 15 is 0 Å². The Balaban J connectivity index is 1.13. The molecular formula is C32H32FN5O4. The average molecular weight is 570 g/mol. The summed E-state index contributed by atoms with van der Waals surface area (Å²) in [5, 5.41) is 18.5. The number of ether oxygens (including phenoxy) is 2. The molecule has 2 aromatic carbocycles. The number of carboxylic acid groups (broad SMARTS) is 1. The average Bonchev–Trinajstić information content (AvgIpc) is 3.35. The molecule has 0 spiro atoms. The Morgan fingerprint density at radius 1 is 1.17 bits per heavy atom. The standard InChI is InChI=1S/C32H32FN5O4/c1-20(31-36-28-8-7-23(32(39)40)16-29(28)38(31)18-25-11-14-41-25)37-12-9-22(10-13-37)27-3-2-4-30(35-27)42-19-24-6-5-21(17-34)15-26(24)33/h2-8,15-16,20,22,25H,9-14,18-19H2,1H3,(H,39,40)/t20-,25+/m1/s1. The molecule has 10 heteroatoms. The molecule has 0 radical (unpaired) electrons. The zero-order chi connectivity index (χ0) is 29.2. The number of hydrogen-bond donors (Lipinski definition) is 1. The van der Waals surface area contributed by atoms with Crippen LogP contribution in [0.4, 0.5) is 4.39 Å². The molecule has 0 bridgehead atoms. The number of aromatic nitrogens is 3. The number of aromatic carboxylic acids is 1. The molecule has 6 rings (SSSR count). The fourth-order valence-corrected chi connectivity index (χ4v) is 5.79. The molecular weight excluding hydrogens is 537 g/mol. The number of fused-ring (bicyclic) bond motifs is 1. The highest BCUT2D eigenvalue weighted by molar-refractivity contribution is 5.92. The van der Waals surface area contributed by atoms with Crippen LogP contribution in [0, 0.1) is 17.1 Å². The van der Waals surface area contributed by atoms with Crippen LogP contribution in [0.15, 0.2) is 54.6 Å². The molecule has 2 aliphatic rings. The van der Waals surface area contributed by atoms with Gasteiger partial charge >= 0.3 is 5.97 Å². The predicted octanol–water partition coefficient (Wildman–Crippen LogP) is 5.45. The van der Waals surface area contributed by atoms with Crippen LogP contribution in [-0.2, 0) is 17.9 Å². The Kier molecular flexibility index (Phi) is 7.87. The highest BCUT2D eigenvalue weighted by Crippen LogP contribution is 2.34. The smallest absolute Gasteiger partial charge is 0.335 e. The molecule has 1 N–H and O–H groups in total. The van der Waals surface area contributed by atoms with Crippen molar-refractivity contribution in [2.75, 3.05) is 19.7 Å². The third-order valence-electron chi connectivity index (χ3n) is 8.38. The number of pyridine rings is 1.